The normalized spacial score (nSPS) is 15.8. The highest BCUT2D eigenvalue weighted by atomic mass is 31.2. The zero-order chi connectivity index (χ0) is 16.6. The summed E-state index contributed by atoms with van der Waals surface area (Å²) in [5, 5.41) is 10.4. The standard InChI is InChI=1S/C17H29O3P/c1-16(2,3)13-10-15(18)14(17(4,5)6)9-12(13)11-21(8,19)20-7/h9-10,18H,11H2,1-8H3. The van der Waals surface area contributed by atoms with Crippen molar-refractivity contribution in [2.75, 3.05) is 13.8 Å². The molecule has 0 bridgehead atoms. The molecule has 0 spiro atoms. The fourth-order valence-electron chi connectivity index (χ4n) is 2.44. The van der Waals surface area contributed by atoms with Gasteiger partial charge in [-0.1, -0.05) is 47.6 Å². The smallest absolute Gasteiger partial charge is 0.204 e. The van der Waals surface area contributed by atoms with Crippen molar-refractivity contribution in [2.45, 2.75) is 58.5 Å². The number of aromatic hydroxyl groups is 1. The number of rotatable bonds is 3. The summed E-state index contributed by atoms with van der Waals surface area (Å²) in [5.41, 5.74) is 2.60. The molecule has 1 unspecified atom stereocenters. The van der Waals surface area contributed by atoms with Crippen molar-refractivity contribution >= 4 is 7.37 Å². The zero-order valence-electron chi connectivity index (χ0n) is 14.6. The van der Waals surface area contributed by atoms with Crippen LogP contribution in [0.4, 0.5) is 0 Å². The molecule has 0 fully saturated rings. The summed E-state index contributed by atoms with van der Waals surface area (Å²) in [4.78, 5) is 0. The molecule has 1 aromatic rings. The predicted octanol–water partition coefficient (Wildman–Crippen LogP) is 5.04. The second-order valence-corrected chi connectivity index (χ2v) is 10.6. The quantitative estimate of drug-likeness (QED) is 0.795. The minimum atomic E-state index is -2.66. The molecule has 1 rings (SSSR count). The topological polar surface area (TPSA) is 46.5 Å². The third-order valence-electron chi connectivity index (χ3n) is 3.68. The summed E-state index contributed by atoms with van der Waals surface area (Å²) in [5.74, 6) is 0.305. The predicted molar refractivity (Wildman–Crippen MR) is 89.8 cm³/mol. The largest absolute Gasteiger partial charge is 0.508 e. The van der Waals surface area contributed by atoms with Crippen molar-refractivity contribution in [1.82, 2.24) is 0 Å². The molecule has 21 heavy (non-hydrogen) atoms. The molecule has 0 amide bonds. The molecule has 1 atom stereocenters. The zero-order valence-corrected chi connectivity index (χ0v) is 15.5. The van der Waals surface area contributed by atoms with Crippen molar-refractivity contribution in [1.29, 1.82) is 0 Å². The molecule has 1 N–H and O–H groups in total. The second kappa shape index (κ2) is 5.78. The van der Waals surface area contributed by atoms with Crippen LogP contribution in [-0.4, -0.2) is 18.9 Å². The third kappa shape index (κ3) is 4.59. The number of hydrogen-bond acceptors (Lipinski definition) is 3. The number of phenolic OH excluding ortho intramolecular Hbond substituents is 1. The molecule has 0 aliphatic heterocycles. The molecular formula is C17H29O3P. The fraction of sp³-hybridized carbons (Fsp3) is 0.647. The Hall–Kier alpha value is -0.790. The highest BCUT2D eigenvalue weighted by Crippen LogP contribution is 2.48. The van der Waals surface area contributed by atoms with Crippen LogP contribution in [0.5, 0.6) is 5.75 Å². The van der Waals surface area contributed by atoms with Crippen LogP contribution < -0.4 is 0 Å². The van der Waals surface area contributed by atoms with Crippen LogP contribution >= 0.6 is 7.37 Å². The number of benzene rings is 1. The average Bonchev–Trinajstić information content (AvgIpc) is 2.28. The van der Waals surface area contributed by atoms with Gasteiger partial charge in [-0.15, -0.1) is 0 Å². The van der Waals surface area contributed by atoms with Crippen molar-refractivity contribution in [3.8, 4) is 5.75 Å². The van der Waals surface area contributed by atoms with Gasteiger partial charge in [0, 0.05) is 19.9 Å². The molecule has 120 valence electrons. The highest BCUT2D eigenvalue weighted by molar-refractivity contribution is 7.57. The van der Waals surface area contributed by atoms with Crippen molar-refractivity contribution < 1.29 is 14.2 Å². The molecule has 0 heterocycles. The lowest BCUT2D eigenvalue weighted by Crippen LogP contribution is -2.18. The van der Waals surface area contributed by atoms with Crippen molar-refractivity contribution in [3.63, 3.8) is 0 Å². The summed E-state index contributed by atoms with van der Waals surface area (Å²) in [6.07, 6.45) is 0.388. The lowest BCUT2D eigenvalue weighted by Gasteiger charge is -2.28. The van der Waals surface area contributed by atoms with E-state index in [1.54, 1.807) is 6.66 Å². The minimum Gasteiger partial charge on any atom is -0.508 e. The van der Waals surface area contributed by atoms with Gasteiger partial charge >= 0.3 is 0 Å². The van der Waals surface area contributed by atoms with Crippen LogP contribution in [0, 0.1) is 0 Å². The first-order valence-electron chi connectivity index (χ1n) is 7.27. The Labute approximate surface area is 129 Å². The van der Waals surface area contributed by atoms with E-state index in [0.717, 1.165) is 16.7 Å². The Bertz CT molecular complexity index is 563. The van der Waals surface area contributed by atoms with Gasteiger partial charge in [-0.05, 0) is 33.6 Å². The van der Waals surface area contributed by atoms with Gasteiger partial charge in [0.15, 0.2) is 0 Å². The van der Waals surface area contributed by atoms with Crippen LogP contribution in [0.1, 0.15) is 58.2 Å². The molecule has 1 aromatic carbocycles. The Morgan fingerprint density at radius 1 is 1.05 bits per heavy atom. The summed E-state index contributed by atoms with van der Waals surface area (Å²) < 4.78 is 17.6. The number of phenols is 1. The van der Waals surface area contributed by atoms with Crippen LogP contribution in [0.25, 0.3) is 0 Å². The summed E-state index contributed by atoms with van der Waals surface area (Å²) in [6.45, 7) is 14.1. The van der Waals surface area contributed by atoms with Crippen molar-refractivity contribution in [3.05, 3.63) is 28.8 Å². The minimum absolute atomic E-state index is 0.128. The maximum absolute atomic E-state index is 12.4. The van der Waals surface area contributed by atoms with Gasteiger partial charge in [0.25, 0.3) is 0 Å². The average molecular weight is 312 g/mol. The first kappa shape index (κ1) is 18.3. The Balaban J connectivity index is 3.53. The Morgan fingerprint density at radius 3 is 1.90 bits per heavy atom. The van der Waals surface area contributed by atoms with E-state index in [0.29, 0.717) is 11.9 Å². The summed E-state index contributed by atoms with van der Waals surface area (Å²) >= 11 is 0. The molecule has 0 aromatic heterocycles. The summed E-state index contributed by atoms with van der Waals surface area (Å²) in [6, 6.07) is 3.82. The maximum Gasteiger partial charge on any atom is 0.204 e. The van der Waals surface area contributed by atoms with E-state index >= 15 is 0 Å². The Morgan fingerprint density at radius 2 is 1.52 bits per heavy atom. The van der Waals surface area contributed by atoms with E-state index in [-0.39, 0.29) is 10.8 Å². The molecular weight excluding hydrogens is 283 g/mol. The molecule has 4 heteroatoms. The van der Waals surface area contributed by atoms with Gasteiger partial charge in [-0.25, -0.2) is 0 Å². The Kier molecular flexibility index (Phi) is 5.02. The monoisotopic (exact) mass is 312 g/mol. The first-order chi connectivity index (χ1) is 9.28. The first-order valence-corrected chi connectivity index (χ1v) is 9.53. The van der Waals surface area contributed by atoms with E-state index in [1.165, 1.54) is 7.11 Å². The van der Waals surface area contributed by atoms with Crippen LogP contribution in [0.3, 0.4) is 0 Å². The van der Waals surface area contributed by atoms with E-state index in [9.17, 15) is 9.67 Å². The second-order valence-electron chi connectivity index (χ2n) is 7.88. The fourth-order valence-corrected chi connectivity index (χ4v) is 3.45. The lowest BCUT2D eigenvalue weighted by atomic mass is 9.79. The van der Waals surface area contributed by atoms with Crippen molar-refractivity contribution in [2.24, 2.45) is 0 Å². The molecule has 0 radical (unpaired) electrons. The number of hydrogen-bond donors (Lipinski definition) is 1. The molecule has 0 saturated carbocycles. The third-order valence-corrected chi connectivity index (χ3v) is 5.37. The molecule has 0 aliphatic carbocycles. The van der Waals surface area contributed by atoms with E-state index in [2.05, 4.69) is 41.5 Å². The maximum atomic E-state index is 12.4. The van der Waals surface area contributed by atoms with Gasteiger partial charge in [0.05, 0.1) is 0 Å². The van der Waals surface area contributed by atoms with Crippen LogP contribution in [0.15, 0.2) is 12.1 Å². The SMILES string of the molecule is COP(C)(=O)Cc1cc(C(C)(C)C)c(O)cc1C(C)(C)C. The van der Waals surface area contributed by atoms with Gasteiger partial charge in [0.2, 0.25) is 7.37 Å². The van der Waals surface area contributed by atoms with E-state index in [1.807, 2.05) is 12.1 Å². The van der Waals surface area contributed by atoms with E-state index < -0.39 is 7.37 Å². The molecule has 3 nitrogen and oxygen atoms in total. The van der Waals surface area contributed by atoms with Gasteiger partial charge in [-0.3, -0.25) is 4.57 Å². The lowest BCUT2D eigenvalue weighted by molar-refractivity contribution is 0.397. The van der Waals surface area contributed by atoms with Gasteiger partial charge < -0.3 is 9.63 Å². The summed E-state index contributed by atoms with van der Waals surface area (Å²) in [7, 11) is -1.17. The highest BCUT2D eigenvalue weighted by Gasteiger charge is 2.27. The van der Waals surface area contributed by atoms with E-state index in [4.69, 9.17) is 4.52 Å². The van der Waals surface area contributed by atoms with Gasteiger partial charge in [0.1, 0.15) is 5.75 Å². The van der Waals surface area contributed by atoms with Gasteiger partial charge in [-0.2, -0.15) is 0 Å². The van der Waals surface area contributed by atoms with Crippen LogP contribution in [-0.2, 0) is 26.1 Å². The van der Waals surface area contributed by atoms with Crippen LogP contribution in [0.2, 0.25) is 0 Å². The molecule has 0 aliphatic rings. The molecule has 0 saturated heterocycles.